The molecule has 0 N–H and O–H groups in total. The number of ether oxygens (including phenoxy) is 2. The zero-order chi connectivity index (χ0) is 23.3. The normalized spacial score (nSPS) is 11.2. The van der Waals surface area contributed by atoms with Crippen LogP contribution in [0.4, 0.5) is 0 Å². The van der Waals surface area contributed by atoms with Gasteiger partial charge < -0.3 is 9.47 Å². The molecule has 0 radical (unpaired) electrons. The Bertz CT molecular complexity index is 1100. The van der Waals surface area contributed by atoms with Crippen LogP contribution in [0.15, 0.2) is 66.7 Å². The molecule has 0 saturated carbocycles. The van der Waals surface area contributed by atoms with Crippen molar-refractivity contribution in [1.29, 1.82) is 0 Å². The van der Waals surface area contributed by atoms with E-state index < -0.39 is 18.4 Å². The van der Waals surface area contributed by atoms with E-state index in [9.17, 15) is 9.59 Å². The Balaban J connectivity index is 1.52. The number of halogens is 2. The number of hydrogen-bond acceptors (Lipinski definition) is 4. The predicted molar refractivity (Wildman–Crippen MR) is 127 cm³/mol. The van der Waals surface area contributed by atoms with Gasteiger partial charge in [0.05, 0.1) is 10.6 Å². The lowest BCUT2D eigenvalue weighted by molar-refractivity contribution is 0.0474. The van der Waals surface area contributed by atoms with Crippen molar-refractivity contribution in [1.82, 2.24) is 0 Å². The number of benzene rings is 3. The van der Waals surface area contributed by atoms with Gasteiger partial charge >= 0.3 is 5.97 Å². The summed E-state index contributed by atoms with van der Waals surface area (Å²) in [4.78, 5) is 24.5. The van der Waals surface area contributed by atoms with Crippen LogP contribution in [0.2, 0.25) is 10.0 Å². The Morgan fingerprint density at radius 2 is 1.53 bits per heavy atom. The third-order valence-corrected chi connectivity index (χ3v) is 5.43. The monoisotopic (exact) mass is 470 g/mol. The zero-order valence-corrected chi connectivity index (χ0v) is 19.7. The molecule has 0 aliphatic carbocycles. The average Bonchev–Trinajstić information content (AvgIpc) is 2.76. The van der Waals surface area contributed by atoms with E-state index in [4.69, 9.17) is 32.7 Å². The van der Waals surface area contributed by atoms with Crippen molar-refractivity contribution in [3.63, 3.8) is 0 Å². The largest absolute Gasteiger partial charge is 0.489 e. The number of esters is 1. The summed E-state index contributed by atoms with van der Waals surface area (Å²) in [5, 5.41) is 0.644. The molecule has 0 fully saturated rings. The standard InChI is InChI=1S/C26H24Cl2O4/c1-26(2,3)19-8-11-21(12-9-19)31-15-17-4-6-18(7-5-17)25(30)32-16-24(29)22-13-10-20(27)14-23(22)28/h4-14H,15-16H2,1-3H3. The highest BCUT2D eigenvalue weighted by Crippen LogP contribution is 2.25. The maximum atomic E-state index is 12.3. The van der Waals surface area contributed by atoms with Crippen molar-refractivity contribution in [3.8, 4) is 5.75 Å². The van der Waals surface area contributed by atoms with Gasteiger partial charge in [-0.2, -0.15) is 0 Å². The Morgan fingerprint density at radius 3 is 2.12 bits per heavy atom. The molecule has 3 aromatic carbocycles. The highest BCUT2D eigenvalue weighted by Gasteiger charge is 2.15. The Hall–Kier alpha value is -2.82. The van der Waals surface area contributed by atoms with Crippen LogP contribution in [0.25, 0.3) is 0 Å². The van der Waals surface area contributed by atoms with Crippen LogP contribution in [0.5, 0.6) is 5.75 Å². The first-order valence-corrected chi connectivity index (χ1v) is 10.9. The Morgan fingerprint density at radius 1 is 0.875 bits per heavy atom. The molecule has 4 nitrogen and oxygen atoms in total. The van der Waals surface area contributed by atoms with Gasteiger partial charge in [-0.3, -0.25) is 4.79 Å². The summed E-state index contributed by atoms with van der Waals surface area (Å²) in [5.41, 5.74) is 2.84. The first kappa shape index (κ1) is 23.8. The van der Waals surface area contributed by atoms with Gasteiger partial charge in [0.1, 0.15) is 12.4 Å². The maximum absolute atomic E-state index is 12.3. The van der Waals surface area contributed by atoms with Crippen LogP contribution in [-0.2, 0) is 16.8 Å². The van der Waals surface area contributed by atoms with Gasteiger partial charge in [-0.25, -0.2) is 4.79 Å². The molecule has 0 unspecified atom stereocenters. The lowest BCUT2D eigenvalue weighted by Crippen LogP contribution is -2.14. The highest BCUT2D eigenvalue weighted by molar-refractivity contribution is 6.36. The number of hydrogen-bond donors (Lipinski definition) is 0. The Labute approximate surface area is 198 Å². The molecule has 32 heavy (non-hydrogen) atoms. The number of carbonyl (C=O) groups is 2. The minimum absolute atomic E-state index is 0.0919. The lowest BCUT2D eigenvalue weighted by atomic mass is 9.87. The fraction of sp³-hybridized carbons (Fsp3) is 0.231. The molecule has 166 valence electrons. The fourth-order valence-electron chi connectivity index (χ4n) is 2.96. The van der Waals surface area contributed by atoms with Gasteiger partial charge in [0.25, 0.3) is 0 Å². The quantitative estimate of drug-likeness (QED) is 0.278. The molecule has 0 saturated heterocycles. The first-order valence-electron chi connectivity index (χ1n) is 10.1. The third kappa shape index (κ3) is 6.35. The molecule has 3 aromatic rings. The van der Waals surface area contributed by atoms with Gasteiger partial charge in [-0.15, -0.1) is 0 Å². The van der Waals surface area contributed by atoms with E-state index in [2.05, 4.69) is 32.9 Å². The van der Waals surface area contributed by atoms with Gasteiger partial charge in [-0.1, -0.05) is 68.2 Å². The number of rotatable bonds is 7. The predicted octanol–water partition coefficient (Wildman–Crippen LogP) is 6.91. The molecule has 0 atom stereocenters. The molecule has 0 aliphatic rings. The summed E-state index contributed by atoms with van der Waals surface area (Å²) in [6.45, 7) is 6.46. The van der Waals surface area contributed by atoms with Crippen molar-refractivity contribution >= 4 is 35.0 Å². The highest BCUT2D eigenvalue weighted by atomic mass is 35.5. The van der Waals surface area contributed by atoms with E-state index in [-0.39, 0.29) is 16.0 Å². The van der Waals surface area contributed by atoms with Crippen LogP contribution in [0.3, 0.4) is 0 Å². The second-order valence-electron chi connectivity index (χ2n) is 8.38. The molecule has 3 rings (SSSR count). The van der Waals surface area contributed by atoms with E-state index in [1.807, 2.05) is 12.1 Å². The molecule has 6 heteroatoms. The third-order valence-electron chi connectivity index (χ3n) is 4.88. The summed E-state index contributed by atoms with van der Waals surface area (Å²) >= 11 is 11.8. The van der Waals surface area contributed by atoms with Crippen LogP contribution in [0, 0.1) is 0 Å². The van der Waals surface area contributed by atoms with E-state index in [1.165, 1.54) is 17.7 Å². The van der Waals surface area contributed by atoms with Crippen LogP contribution >= 0.6 is 23.2 Å². The van der Waals surface area contributed by atoms with Gasteiger partial charge in [-0.05, 0) is 59.0 Å². The summed E-state index contributed by atoms with van der Waals surface area (Å²) in [6.07, 6.45) is 0. The first-order chi connectivity index (χ1) is 15.1. The SMILES string of the molecule is CC(C)(C)c1ccc(OCc2ccc(C(=O)OCC(=O)c3ccc(Cl)cc3Cl)cc2)cc1. The second-order valence-corrected chi connectivity index (χ2v) is 9.23. The molecule has 0 aliphatic heterocycles. The minimum atomic E-state index is -0.589. The van der Waals surface area contributed by atoms with Crippen molar-refractivity contribution in [2.75, 3.05) is 6.61 Å². The molecule has 0 heterocycles. The zero-order valence-electron chi connectivity index (χ0n) is 18.2. The van der Waals surface area contributed by atoms with Crippen LogP contribution in [-0.4, -0.2) is 18.4 Å². The molecule has 0 aromatic heterocycles. The smallest absolute Gasteiger partial charge is 0.338 e. The molecule has 0 bridgehead atoms. The van der Waals surface area contributed by atoms with Gasteiger partial charge in [0, 0.05) is 10.6 Å². The molecular formula is C26H24Cl2O4. The van der Waals surface area contributed by atoms with Crippen molar-refractivity contribution in [2.45, 2.75) is 32.8 Å². The van der Waals surface area contributed by atoms with Crippen molar-refractivity contribution in [2.24, 2.45) is 0 Å². The van der Waals surface area contributed by atoms with E-state index >= 15 is 0 Å². The van der Waals surface area contributed by atoms with Crippen LogP contribution in [0.1, 0.15) is 52.6 Å². The fourth-order valence-corrected chi connectivity index (χ4v) is 3.48. The number of ketones is 1. The average molecular weight is 471 g/mol. The Kier molecular flexibility index (Phi) is 7.60. The number of carbonyl (C=O) groups excluding carboxylic acids is 2. The van der Waals surface area contributed by atoms with Gasteiger partial charge in [0.2, 0.25) is 5.78 Å². The van der Waals surface area contributed by atoms with Gasteiger partial charge in [0.15, 0.2) is 6.61 Å². The summed E-state index contributed by atoms with van der Waals surface area (Å²) in [5.74, 6) is -0.211. The van der Waals surface area contributed by atoms with E-state index in [0.29, 0.717) is 17.2 Å². The summed E-state index contributed by atoms with van der Waals surface area (Å²) in [6, 6.07) is 19.4. The van der Waals surface area contributed by atoms with E-state index in [1.54, 1.807) is 30.3 Å². The van der Waals surface area contributed by atoms with Crippen LogP contribution < -0.4 is 4.74 Å². The van der Waals surface area contributed by atoms with E-state index in [0.717, 1.165) is 11.3 Å². The van der Waals surface area contributed by atoms with Crippen molar-refractivity contribution < 1.29 is 19.1 Å². The molecule has 0 amide bonds. The number of Topliss-reactive ketones (excluding diaryl/α,β-unsaturated/α-hetero) is 1. The van der Waals surface area contributed by atoms with Crippen molar-refractivity contribution in [3.05, 3.63) is 99.0 Å². The lowest BCUT2D eigenvalue weighted by Gasteiger charge is -2.19. The summed E-state index contributed by atoms with van der Waals surface area (Å²) in [7, 11) is 0. The summed E-state index contributed by atoms with van der Waals surface area (Å²) < 4.78 is 11.0. The second kappa shape index (κ2) is 10.2. The maximum Gasteiger partial charge on any atom is 0.338 e. The minimum Gasteiger partial charge on any atom is -0.489 e. The topological polar surface area (TPSA) is 52.6 Å². The molecule has 0 spiro atoms. The molecular weight excluding hydrogens is 447 g/mol.